The van der Waals surface area contributed by atoms with Gasteiger partial charge in [-0.3, -0.25) is 0 Å². The van der Waals surface area contributed by atoms with Gasteiger partial charge in [0.25, 0.3) is 0 Å². The van der Waals surface area contributed by atoms with Crippen LogP contribution in [0.25, 0.3) is 0 Å². The first-order valence-electron chi connectivity index (χ1n) is 7.18. The van der Waals surface area contributed by atoms with Crippen LogP contribution >= 0.6 is 0 Å². The van der Waals surface area contributed by atoms with Crippen LogP contribution < -0.4 is 0 Å². The summed E-state index contributed by atoms with van der Waals surface area (Å²) >= 11 is 0. The van der Waals surface area contributed by atoms with Gasteiger partial charge < -0.3 is 9.84 Å². The summed E-state index contributed by atoms with van der Waals surface area (Å²) in [4.78, 5) is 0. The van der Waals surface area contributed by atoms with Crippen LogP contribution in [0.2, 0.25) is 0 Å². The van der Waals surface area contributed by atoms with Gasteiger partial charge in [0.05, 0.1) is 16.8 Å². The first-order valence-corrected chi connectivity index (χ1v) is 7.18. The van der Waals surface area contributed by atoms with Crippen molar-refractivity contribution < 1.29 is 9.84 Å². The van der Waals surface area contributed by atoms with E-state index in [1.807, 2.05) is 0 Å². The third-order valence-corrected chi connectivity index (χ3v) is 4.69. The first kappa shape index (κ1) is 13.4. The minimum absolute atomic E-state index is 0.0871. The Morgan fingerprint density at radius 3 is 1.88 bits per heavy atom. The lowest BCUT2D eigenvalue weighted by Gasteiger charge is -2.39. The molecule has 1 saturated carbocycles. The molecular weight excluding hydrogens is 212 g/mol. The Balaban J connectivity index is 2.20. The molecular formula is C15H28O2. The summed E-state index contributed by atoms with van der Waals surface area (Å²) in [5, 5.41) is 11.0. The molecule has 1 heterocycles. The van der Waals surface area contributed by atoms with E-state index in [4.69, 9.17) is 4.74 Å². The van der Waals surface area contributed by atoms with Crippen molar-refractivity contribution in [2.24, 2.45) is 5.92 Å². The standard InChI is InChI=1S/C15H28O2/c1-13(2)11-12(14(3,4)17-13)15(16)9-7-5-6-8-10-15/h12,16H,5-11H2,1-4H3. The molecule has 0 aromatic rings. The molecule has 2 rings (SSSR count). The molecule has 0 amide bonds. The van der Waals surface area contributed by atoms with E-state index in [0.717, 1.165) is 19.3 Å². The summed E-state index contributed by atoms with van der Waals surface area (Å²) in [6.45, 7) is 8.59. The Hall–Kier alpha value is -0.0800. The van der Waals surface area contributed by atoms with Crippen LogP contribution in [0.1, 0.15) is 72.6 Å². The van der Waals surface area contributed by atoms with E-state index in [9.17, 15) is 5.11 Å². The SMILES string of the molecule is CC1(C)CC(C2(O)CCCCCC2)C(C)(C)O1. The van der Waals surface area contributed by atoms with Crippen molar-refractivity contribution in [1.82, 2.24) is 0 Å². The minimum atomic E-state index is -0.492. The van der Waals surface area contributed by atoms with E-state index >= 15 is 0 Å². The molecule has 1 saturated heterocycles. The monoisotopic (exact) mass is 240 g/mol. The molecule has 0 aromatic carbocycles. The Labute approximate surface area is 106 Å². The van der Waals surface area contributed by atoms with Gasteiger partial charge in [-0.25, -0.2) is 0 Å². The molecule has 1 unspecified atom stereocenters. The Morgan fingerprint density at radius 2 is 1.47 bits per heavy atom. The summed E-state index contributed by atoms with van der Waals surface area (Å²) < 4.78 is 6.15. The molecule has 0 aromatic heterocycles. The van der Waals surface area contributed by atoms with Crippen molar-refractivity contribution in [3.8, 4) is 0 Å². The molecule has 2 fully saturated rings. The summed E-state index contributed by atoms with van der Waals surface area (Å²) in [5.41, 5.74) is -0.771. The van der Waals surface area contributed by atoms with Gasteiger partial charge in [0.15, 0.2) is 0 Å². The van der Waals surface area contributed by atoms with Gasteiger partial charge in [-0.15, -0.1) is 0 Å². The van der Waals surface area contributed by atoms with Gasteiger partial charge in [-0.2, -0.15) is 0 Å². The maximum Gasteiger partial charge on any atom is 0.0704 e. The van der Waals surface area contributed by atoms with Crippen molar-refractivity contribution in [2.75, 3.05) is 0 Å². The zero-order valence-electron chi connectivity index (χ0n) is 11.9. The largest absolute Gasteiger partial charge is 0.389 e. The molecule has 0 spiro atoms. The number of ether oxygens (including phenoxy) is 1. The molecule has 1 aliphatic carbocycles. The Morgan fingerprint density at radius 1 is 0.941 bits per heavy atom. The van der Waals surface area contributed by atoms with E-state index in [-0.39, 0.29) is 17.1 Å². The highest BCUT2D eigenvalue weighted by Crippen LogP contribution is 2.50. The Kier molecular flexibility index (Phi) is 3.33. The van der Waals surface area contributed by atoms with Crippen molar-refractivity contribution in [2.45, 2.75) is 89.4 Å². The lowest BCUT2D eigenvalue weighted by molar-refractivity contribution is -0.117. The highest BCUT2D eigenvalue weighted by molar-refractivity contribution is 5.04. The predicted octanol–water partition coefficient (Wildman–Crippen LogP) is 3.67. The van der Waals surface area contributed by atoms with Crippen LogP contribution in [0.5, 0.6) is 0 Å². The maximum absolute atomic E-state index is 11.0. The van der Waals surface area contributed by atoms with Crippen LogP contribution in [-0.4, -0.2) is 21.9 Å². The molecule has 2 nitrogen and oxygen atoms in total. The minimum Gasteiger partial charge on any atom is -0.389 e. The molecule has 1 aliphatic heterocycles. The second-order valence-corrected chi connectivity index (χ2v) is 7.24. The van der Waals surface area contributed by atoms with E-state index in [1.54, 1.807) is 0 Å². The average molecular weight is 240 g/mol. The van der Waals surface area contributed by atoms with Gasteiger partial charge >= 0.3 is 0 Å². The lowest BCUT2D eigenvalue weighted by atomic mass is 9.71. The molecule has 0 radical (unpaired) electrons. The second kappa shape index (κ2) is 4.24. The van der Waals surface area contributed by atoms with Crippen LogP contribution in [0.3, 0.4) is 0 Å². The fourth-order valence-corrected chi connectivity index (χ4v) is 4.09. The number of hydrogen-bond acceptors (Lipinski definition) is 2. The smallest absolute Gasteiger partial charge is 0.0704 e. The fourth-order valence-electron chi connectivity index (χ4n) is 4.09. The predicted molar refractivity (Wildman–Crippen MR) is 70.0 cm³/mol. The van der Waals surface area contributed by atoms with Crippen molar-refractivity contribution in [3.63, 3.8) is 0 Å². The topological polar surface area (TPSA) is 29.5 Å². The van der Waals surface area contributed by atoms with Crippen molar-refractivity contribution in [1.29, 1.82) is 0 Å². The van der Waals surface area contributed by atoms with Gasteiger partial charge in [-0.1, -0.05) is 25.7 Å². The summed E-state index contributed by atoms with van der Waals surface area (Å²) in [6, 6.07) is 0. The normalized spacial score (nSPS) is 35.5. The summed E-state index contributed by atoms with van der Waals surface area (Å²) in [7, 11) is 0. The quantitative estimate of drug-likeness (QED) is 0.709. The van der Waals surface area contributed by atoms with Gasteiger partial charge in [0.2, 0.25) is 0 Å². The van der Waals surface area contributed by atoms with Crippen LogP contribution in [-0.2, 0) is 4.74 Å². The van der Waals surface area contributed by atoms with Gasteiger partial charge in [0.1, 0.15) is 0 Å². The van der Waals surface area contributed by atoms with E-state index < -0.39 is 5.60 Å². The fraction of sp³-hybridized carbons (Fsp3) is 1.00. The third kappa shape index (κ3) is 2.68. The molecule has 100 valence electrons. The van der Waals surface area contributed by atoms with Crippen LogP contribution in [0.4, 0.5) is 0 Å². The molecule has 1 atom stereocenters. The highest BCUT2D eigenvalue weighted by atomic mass is 16.5. The van der Waals surface area contributed by atoms with E-state index in [2.05, 4.69) is 27.7 Å². The number of hydrogen-bond donors (Lipinski definition) is 1. The molecule has 2 heteroatoms. The molecule has 17 heavy (non-hydrogen) atoms. The summed E-state index contributed by atoms with van der Waals surface area (Å²) in [6.07, 6.45) is 7.80. The average Bonchev–Trinajstić information content (AvgIpc) is 2.37. The molecule has 1 N–H and O–H groups in total. The van der Waals surface area contributed by atoms with Crippen LogP contribution in [0, 0.1) is 5.92 Å². The zero-order chi connectivity index (χ0) is 12.7. The van der Waals surface area contributed by atoms with E-state index in [1.165, 1.54) is 25.7 Å². The molecule has 0 bridgehead atoms. The first-order chi connectivity index (χ1) is 7.75. The van der Waals surface area contributed by atoms with Crippen molar-refractivity contribution >= 4 is 0 Å². The van der Waals surface area contributed by atoms with Crippen molar-refractivity contribution in [3.05, 3.63) is 0 Å². The maximum atomic E-state index is 11.0. The summed E-state index contributed by atoms with van der Waals surface area (Å²) in [5.74, 6) is 0.281. The lowest BCUT2D eigenvalue weighted by Crippen LogP contribution is -2.46. The Bertz CT molecular complexity index is 273. The zero-order valence-corrected chi connectivity index (χ0v) is 11.9. The second-order valence-electron chi connectivity index (χ2n) is 7.24. The van der Waals surface area contributed by atoms with Crippen LogP contribution in [0.15, 0.2) is 0 Å². The highest BCUT2D eigenvalue weighted by Gasteiger charge is 2.54. The number of aliphatic hydroxyl groups is 1. The van der Waals surface area contributed by atoms with Gasteiger partial charge in [0, 0.05) is 5.92 Å². The van der Waals surface area contributed by atoms with E-state index in [0.29, 0.717) is 0 Å². The number of rotatable bonds is 1. The van der Waals surface area contributed by atoms with Gasteiger partial charge in [-0.05, 0) is 47.0 Å². The third-order valence-electron chi connectivity index (χ3n) is 4.69. The molecule has 2 aliphatic rings.